The molecule has 1 atom stereocenters. The summed E-state index contributed by atoms with van der Waals surface area (Å²) >= 11 is 0. The summed E-state index contributed by atoms with van der Waals surface area (Å²) in [5, 5.41) is 14.0. The van der Waals surface area contributed by atoms with Crippen LogP contribution in [-0.4, -0.2) is 39.1 Å². The summed E-state index contributed by atoms with van der Waals surface area (Å²) in [4.78, 5) is 25.1. The van der Waals surface area contributed by atoms with E-state index in [0.717, 1.165) is 63.7 Å². The van der Waals surface area contributed by atoms with Gasteiger partial charge in [0.05, 0.1) is 16.9 Å². The Hall–Kier alpha value is -3.38. The number of aromatic nitrogens is 3. The molecule has 1 N–H and O–H groups in total. The average Bonchev–Trinajstić information content (AvgIpc) is 3.80. The second-order valence-electron chi connectivity index (χ2n) is 12.5. The molecular weight excluding hydrogens is 534 g/mol. The van der Waals surface area contributed by atoms with E-state index in [9.17, 15) is 10.1 Å². The highest BCUT2D eigenvalue weighted by Crippen LogP contribution is 2.47. The molecule has 1 aromatic carbocycles. The lowest BCUT2D eigenvalue weighted by Crippen LogP contribution is -2.40. The predicted octanol–water partition coefficient (Wildman–Crippen LogP) is 6.68. The van der Waals surface area contributed by atoms with Crippen LogP contribution in [0.5, 0.6) is 0 Å². The number of nitrogens with zero attached hydrogens (tertiary/aromatic N) is 5. The molecule has 4 aliphatic rings. The second kappa shape index (κ2) is 11.7. The van der Waals surface area contributed by atoms with Crippen LogP contribution >= 0.6 is 0 Å². The summed E-state index contributed by atoms with van der Waals surface area (Å²) in [6.07, 6.45) is 10.0. The maximum Gasteiger partial charge on any atom is 0.276 e. The van der Waals surface area contributed by atoms with Crippen molar-refractivity contribution < 1.29 is 8.78 Å². The molecule has 8 bridgehead atoms. The van der Waals surface area contributed by atoms with Crippen molar-refractivity contribution in [2.24, 2.45) is 5.92 Å². The number of rotatable bonds is 1. The Kier molecular flexibility index (Phi) is 8.01. The summed E-state index contributed by atoms with van der Waals surface area (Å²) in [7, 11) is 0. The third-order valence-electron chi connectivity index (χ3n) is 9.69. The van der Waals surface area contributed by atoms with E-state index in [0.29, 0.717) is 54.6 Å². The standard InChI is InChI=1S/C33H40F2N6O/c1-23-24-9-8-10-26(19-24)33(34,35)25-11-17-40(18-12-25)15-6-4-2-3-5-7-16-41-30-27(29(39-23)37-22-38-30)20-28(31(41)42)32(21-36)13-14-32/h8-10,19-20,22-23,25H,2-7,11-18H2,1H3,(H,37,38,39)/t23-/m1/s1. The second-order valence-corrected chi connectivity index (χ2v) is 12.5. The number of nitriles is 1. The van der Waals surface area contributed by atoms with E-state index >= 15 is 8.78 Å². The monoisotopic (exact) mass is 574 g/mol. The zero-order valence-electron chi connectivity index (χ0n) is 24.4. The van der Waals surface area contributed by atoms with Crippen LogP contribution in [0.4, 0.5) is 14.6 Å². The van der Waals surface area contributed by atoms with Gasteiger partial charge < -0.3 is 10.2 Å². The molecule has 0 radical (unpaired) electrons. The van der Waals surface area contributed by atoms with Crippen LogP contribution in [0.3, 0.4) is 0 Å². The van der Waals surface area contributed by atoms with Gasteiger partial charge in [-0.3, -0.25) is 9.36 Å². The molecular formula is C33H40F2N6O. The molecule has 7 rings (SSSR count). The van der Waals surface area contributed by atoms with Gasteiger partial charge in [0.1, 0.15) is 17.8 Å². The highest BCUT2D eigenvalue weighted by Gasteiger charge is 2.47. The molecule has 0 spiro atoms. The predicted molar refractivity (Wildman–Crippen MR) is 160 cm³/mol. The Morgan fingerprint density at radius 1 is 0.976 bits per heavy atom. The molecule has 5 heterocycles. The topological polar surface area (TPSA) is 86.8 Å². The quantitative estimate of drug-likeness (QED) is 0.349. The van der Waals surface area contributed by atoms with Crippen LogP contribution in [0, 0.1) is 17.2 Å². The number of benzene rings is 1. The van der Waals surface area contributed by atoms with Gasteiger partial charge >= 0.3 is 0 Å². The van der Waals surface area contributed by atoms with Gasteiger partial charge in [0.25, 0.3) is 11.5 Å². The Morgan fingerprint density at radius 3 is 2.40 bits per heavy atom. The van der Waals surface area contributed by atoms with Crippen molar-refractivity contribution in [1.29, 1.82) is 5.26 Å². The molecule has 0 unspecified atom stereocenters. The highest BCUT2D eigenvalue weighted by molar-refractivity contribution is 5.87. The summed E-state index contributed by atoms with van der Waals surface area (Å²) in [6, 6.07) is 10.6. The van der Waals surface area contributed by atoms with Crippen molar-refractivity contribution in [3.63, 3.8) is 0 Å². The van der Waals surface area contributed by atoms with Gasteiger partial charge in [-0.25, -0.2) is 18.7 Å². The van der Waals surface area contributed by atoms with E-state index in [2.05, 4.69) is 26.3 Å². The van der Waals surface area contributed by atoms with Crippen LogP contribution in [-0.2, 0) is 17.9 Å². The minimum absolute atomic E-state index is 0.0580. The Labute approximate surface area is 246 Å². The number of alkyl halides is 2. The maximum absolute atomic E-state index is 15.8. The summed E-state index contributed by atoms with van der Waals surface area (Å²) in [6.45, 7) is 4.87. The lowest BCUT2D eigenvalue weighted by atomic mass is 9.85. The third-order valence-corrected chi connectivity index (χ3v) is 9.69. The maximum atomic E-state index is 15.8. The number of piperidine rings is 1. The van der Waals surface area contributed by atoms with Gasteiger partial charge in [-0.2, -0.15) is 5.26 Å². The van der Waals surface area contributed by atoms with Crippen LogP contribution in [0.25, 0.3) is 11.0 Å². The van der Waals surface area contributed by atoms with E-state index in [-0.39, 0.29) is 17.2 Å². The number of aryl methyl sites for hydroxylation is 1. The van der Waals surface area contributed by atoms with Crippen LogP contribution in [0.2, 0.25) is 0 Å². The van der Waals surface area contributed by atoms with Crippen LogP contribution in [0.1, 0.15) is 93.9 Å². The number of pyridine rings is 1. The first kappa shape index (κ1) is 28.7. The summed E-state index contributed by atoms with van der Waals surface area (Å²) in [5.41, 5.74) is 0.934. The molecule has 0 amide bonds. The molecule has 3 aromatic rings. The smallest absolute Gasteiger partial charge is 0.276 e. The van der Waals surface area contributed by atoms with Crippen molar-refractivity contribution in [1.82, 2.24) is 19.4 Å². The fraction of sp³-hybridized carbons (Fsp3) is 0.576. The number of hydrogen-bond donors (Lipinski definition) is 1. The van der Waals surface area contributed by atoms with Crippen molar-refractivity contribution in [2.45, 2.75) is 95.1 Å². The van der Waals surface area contributed by atoms with Crippen molar-refractivity contribution in [2.75, 3.05) is 25.0 Å². The molecule has 1 saturated carbocycles. The fourth-order valence-electron chi connectivity index (χ4n) is 6.78. The number of nitrogens with one attached hydrogen (secondary N) is 1. The van der Waals surface area contributed by atoms with Crippen LogP contribution < -0.4 is 10.9 Å². The highest BCUT2D eigenvalue weighted by atomic mass is 19.3. The Bertz CT molecular complexity index is 1530. The van der Waals surface area contributed by atoms with Gasteiger partial charge in [0, 0.05) is 29.6 Å². The number of hydrogen-bond acceptors (Lipinski definition) is 6. The largest absolute Gasteiger partial charge is 0.363 e. The Balaban J connectivity index is 1.38. The first-order chi connectivity index (χ1) is 20.3. The van der Waals surface area contributed by atoms with Crippen LogP contribution in [0.15, 0.2) is 41.5 Å². The van der Waals surface area contributed by atoms with Gasteiger partial charge in [0.2, 0.25) is 0 Å². The lowest BCUT2D eigenvalue weighted by Gasteiger charge is -2.36. The molecule has 9 heteroatoms. The zero-order chi connectivity index (χ0) is 29.3. The van der Waals surface area contributed by atoms with Crippen molar-refractivity contribution >= 4 is 16.9 Å². The molecule has 1 saturated heterocycles. The van der Waals surface area contributed by atoms with Crippen molar-refractivity contribution in [3.05, 3.63) is 63.7 Å². The van der Waals surface area contributed by atoms with Gasteiger partial charge in [-0.05, 0) is 82.8 Å². The normalized spacial score (nSPS) is 26.0. The minimum atomic E-state index is -2.90. The molecule has 222 valence electrons. The molecule has 7 nitrogen and oxygen atoms in total. The van der Waals surface area contributed by atoms with Gasteiger partial charge in [-0.15, -0.1) is 0 Å². The first-order valence-corrected chi connectivity index (χ1v) is 15.6. The lowest BCUT2D eigenvalue weighted by molar-refractivity contribution is -0.0855. The number of fused-ring (bicyclic) bond motifs is 10. The molecule has 1 aliphatic carbocycles. The summed E-state index contributed by atoms with van der Waals surface area (Å²) in [5.74, 6) is -3.04. The molecule has 3 aliphatic heterocycles. The number of anilines is 1. The van der Waals surface area contributed by atoms with Crippen molar-refractivity contribution in [3.8, 4) is 6.07 Å². The van der Waals surface area contributed by atoms with E-state index in [1.54, 1.807) is 28.8 Å². The van der Waals surface area contributed by atoms with Gasteiger partial charge in [-0.1, -0.05) is 43.9 Å². The average molecular weight is 575 g/mol. The summed E-state index contributed by atoms with van der Waals surface area (Å²) < 4.78 is 33.3. The first-order valence-electron chi connectivity index (χ1n) is 15.6. The fourth-order valence-corrected chi connectivity index (χ4v) is 6.78. The Morgan fingerprint density at radius 2 is 1.69 bits per heavy atom. The van der Waals surface area contributed by atoms with E-state index in [1.165, 1.54) is 6.33 Å². The van der Waals surface area contributed by atoms with Gasteiger partial charge in [0.15, 0.2) is 0 Å². The third kappa shape index (κ3) is 5.54. The molecule has 42 heavy (non-hydrogen) atoms. The van der Waals surface area contributed by atoms with E-state index < -0.39 is 17.3 Å². The SMILES string of the molecule is C[C@H]1Nc2ncnc3c2cc(C2(C#N)CC2)c(=O)n3CCCCCCCCN2CCC(CC2)C(F)(F)c2cccc1c2. The zero-order valence-corrected chi connectivity index (χ0v) is 24.4. The molecule has 2 fully saturated rings. The number of halogens is 2. The minimum Gasteiger partial charge on any atom is -0.363 e. The molecule has 2 aromatic heterocycles. The van der Waals surface area contributed by atoms with E-state index in [1.807, 2.05) is 13.0 Å². The van der Waals surface area contributed by atoms with E-state index in [4.69, 9.17) is 0 Å².